The van der Waals surface area contributed by atoms with Crippen molar-refractivity contribution in [2.24, 2.45) is 0 Å². The molecule has 1 rings (SSSR count). The van der Waals surface area contributed by atoms with Crippen LogP contribution in [0.25, 0.3) is 0 Å². The first-order valence-corrected chi connectivity index (χ1v) is 5.88. The summed E-state index contributed by atoms with van der Waals surface area (Å²) >= 11 is 0. The molecule has 0 saturated carbocycles. The first-order valence-electron chi connectivity index (χ1n) is 5.88. The number of rotatable bonds is 6. The summed E-state index contributed by atoms with van der Waals surface area (Å²) in [5.41, 5.74) is 0. The third-order valence-corrected chi connectivity index (χ3v) is 2.70. The van der Waals surface area contributed by atoms with Crippen LogP contribution in [0.1, 0.15) is 19.3 Å². The second kappa shape index (κ2) is 7.60. The Hall–Kier alpha value is -0.650. The lowest BCUT2D eigenvalue weighted by molar-refractivity contribution is -0.122. The highest BCUT2D eigenvalue weighted by Gasteiger charge is 2.19. The Labute approximate surface area is 96.8 Å². The number of hydrogen-bond donors (Lipinski definition) is 2. The standard InChI is InChI=1S/C11H22N2O3/c1-16-7-3-5-12-11(15)9-13-6-2-4-10(14)8-13/h10,14H,2-9H2,1H3,(H,12,15)/t10-/m0/s1. The van der Waals surface area contributed by atoms with Crippen LogP contribution in [-0.4, -0.2) is 61.9 Å². The number of piperidine rings is 1. The number of methoxy groups -OCH3 is 1. The number of nitrogens with one attached hydrogen (secondary N) is 1. The third-order valence-electron chi connectivity index (χ3n) is 2.70. The molecule has 1 aliphatic heterocycles. The van der Waals surface area contributed by atoms with E-state index in [-0.39, 0.29) is 12.0 Å². The van der Waals surface area contributed by atoms with E-state index in [2.05, 4.69) is 5.32 Å². The molecule has 1 heterocycles. The van der Waals surface area contributed by atoms with Crippen LogP contribution in [0.3, 0.4) is 0 Å². The van der Waals surface area contributed by atoms with Crippen LogP contribution in [0, 0.1) is 0 Å². The Morgan fingerprint density at radius 2 is 2.44 bits per heavy atom. The number of ether oxygens (including phenoxy) is 1. The van der Waals surface area contributed by atoms with Crippen molar-refractivity contribution in [2.45, 2.75) is 25.4 Å². The zero-order valence-corrected chi connectivity index (χ0v) is 9.95. The van der Waals surface area contributed by atoms with Crippen LogP contribution in [0.4, 0.5) is 0 Å². The number of nitrogens with zero attached hydrogens (tertiary/aromatic N) is 1. The molecular weight excluding hydrogens is 208 g/mol. The Morgan fingerprint density at radius 1 is 1.62 bits per heavy atom. The summed E-state index contributed by atoms with van der Waals surface area (Å²) in [5.74, 6) is 0.0326. The smallest absolute Gasteiger partial charge is 0.234 e. The molecule has 0 unspecified atom stereocenters. The van der Waals surface area contributed by atoms with E-state index in [1.165, 1.54) is 0 Å². The highest BCUT2D eigenvalue weighted by molar-refractivity contribution is 5.77. The van der Waals surface area contributed by atoms with Crippen molar-refractivity contribution < 1.29 is 14.6 Å². The third kappa shape index (κ3) is 5.44. The molecule has 0 spiro atoms. The quantitative estimate of drug-likeness (QED) is 0.609. The number of likely N-dealkylation sites (tertiary alicyclic amines) is 1. The number of aliphatic hydroxyl groups excluding tert-OH is 1. The molecule has 94 valence electrons. The fourth-order valence-electron chi connectivity index (χ4n) is 1.88. The highest BCUT2D eigenvalue weighted by Crippen LogP contribution is 2.08. The van der Waals surface area contributed by atoms with Crippen LogP contribution >= 0.6 is 0 Å². The van der Waals surface area contributed by atoms with Crippen LogP contribution in [0.15, 0.2) is 0 Å². The molecule has 0 radical (unpaired) electrons. The van der Waals surface area contributed by atoms with E-state index in [1.807, 2.05) is 4.90 Å². The molecule has 5 heteroatoms. The lowest BCUT2D eigenvalue weighted by Crippen LogP contribution is -2.44. The van der Waals surface area contributed by atoms with Gasteiger partial charge in [0.2, 0.25) is 5.91 Å². The zero-order valence-electron chi connectivity index (χ0n) is 9.95. The van der Waals surface area contributed by atoms with E-state index in [0.717, 1.165) is 25.8 Å². The zero-order chi connectivity index (χ0) is 11.8. The van der Waals surface area contributed by atoms with E-state index in [0.29, 0.717) is 26.2 Å². The van der Waals surface area contributed by atoms with Crippen LogP contribution < -0.4 is 5.32 Å². The van der Waals surface area contributed by atoms with E-state index in [4.69, 9.17) is 4.74 Å². The maximum absolute atomic E-state index is 11.5. The topological polar surface area (TPSA) is 61.8 Å². The molecule has 1 saturated heterocycles. The molecule has 2 N–H and O–H groups in total. The van der Waals surface area contributed by atoms with Crippen molar-refractivity contribution in [3.8, 4) is 0 Å². The van der Waals surface area contributed by atoms with Crippen LogP contribution in [0.5, 0.6) is 0 Å². The van der Waals surface area contributed by atoms with Gasteiger partial charge in [-0.25, -0.2) is 0 Å². The maximum atomic E-state index is 11.5. The van der Waals surface area contributed by atoms with Gasteiger partial charge in [0.1, 0.15) is 0 Å². The van der Waals surface area contributed by atoms with E-state index in [9.17, 15) is 9.90 Å². The molecule has 0 bridgehead atoms. The number of amides is 1. The average molecular weight is 230 g/mol. The van der Waals surface area contributed by atoms with Gasteiger partial charge < -0.3 is 15.2 Å². The minimum absolute atomic E-state index is 0.0326. The molecule has 0 aliphatic carbocycles. The van der Waals surface area contributed by atoms with Gasteiger partial charge in [-0.1, -0.05) is 0 Å². The fourth-order valence-corrected chi connectivity index (χ4v) is 1.88. The Morgan fingerprint density at radius 3 is 3.12 bits per heavy atom. The van der Waals surface area contributed by atoms with E-state index < -0.39 is 0 Å². The van der Waals surface area contributed by atoms with Crippen molar-refractivity contribution >= 4 is 5.91 Å². The van der Waals surface area contributed by atoms with Crippen molar-refractivity contribution in [2.75, 3.05) is 39.9 Å². The molecule has 1 fully saturated rings. The maximum Gasteiger partial charge on any atom is 0.234 e. The summed E-state index contributed by atoms with van der Waals surface area (Å²) in [5, 5.41) is 12.3. The summed E-state index contributed by atoms with van der Waals surface area (Å²) in [4.78, 5) is 13.5. The molecular formula is C11H22N2O3. The van der Waals surface area contributed by atoms with Gasteiger partial charge in [-0.15, -0.1) is 0 Å². The second-order valence-electron chi connectivity index (χ2n) is 4.23. The Bertz CT molecular complexity index is 211. The summed E-state index contributed by atoms with van der Waals surface area (Å²) in [6.45, 7) is 3.24. The van der Waals surface area contributed by atoms with Gasteiger partial charge >= 0.3 is 0 Å². The number of carbonyl (C=O) groups is 1. The minimum Gasteiger partial charge on any atom is -0.392 e. The molecule has 16 heavy (non-hydrogen) atoms. The van der Waals surface area contributed by atoms with Crippen molar-refractivity contribution in [1.82, 2.24) is 10.2 Å². The Kier molecular flexibility index (Phi) is 6.37. The number of aliphatic hydroxyl groups is 1. The number of β-amino-alcohol motifs (C(OH)–C–C–N with tert-alkyl or cyclic N) is 1. The lowest BCUT2D eigenvalue weighted by atomic mass is 10.1. The predicted octanol–water partition coefficient (Wildman–Crippen LogP) is -0.404. The van der Waals surface area contributed by atoms with E-state index >= 15 is 0 Å². The molecule has 5 nitrogen and oxygen atoms in total. The predicted molar refractivity (Wildman–Crippen MR) is 61.2 cm³/mol. The first-order chi connectivity index (χ1) is 7.72. The fraction of sp³-hybridized carbons (Fsp3) is 0.909. The van der Waals surface area contributed by atoms with Crippen molar-refractivity contribution in [3.05, 3.63) is 0 Å². The van der Waals surface area contributed by atoms with Crippen LogP contribution in [0.2, 0.25) is 0 Å². The average Bonchev–Trinajstić information content (AvgIpc) is 2.24. The summed E-state index contributed by atoms with van der Waals surface area (Å²) in [7, 11) is 1.65. The van der Waals surface area contributed by atoms with Crippen molar-refractivity contribution in [1.29, 1.82) is 0 Å². The highest BCUT2D eigenvalue weighted by atomic mass is 16.5. The monoisotopic (exact) mass is 230 g/mol. The molecule has 0 aromatic heterocycles. The van der Waals surface area contributed by atoms with Gasteiger partial charge in [-0.3, -0.25) is 9.69 Å². The van der Waals surface area contributed by atoms with Gasteiger partial charge in [0.25, 0.3) is 0 Å². The van der Waals surface area contributed by atoms with Gasteiger partial charge in [0.05, 0.1) is 12.6 Å². The molecule has 1 aliphatic rings. The molecule has 0 aromatic rings. The summed E-state index contributed by atoms with van der Waals surface area (Å²) in [6, 6.07) is 0. The molecule has 1 amide bonds. The summed E-state index contributed by atoms with van der Waals surface area (Å²) in [6.07, 6.45) is 2.39. The van der Waals surface area contributed by atoms with Gasteiger partial charge in [0, 0.05) is 26.8 Å². The number of carbonyl (C=O) groups excluding carboxylic acids is 1. The number of hydrogen-bond acceptors (Lipinski definition) is 4. The lowest BCUT2D eigenvalue weighted by Gasteiger charge is -2.29. The molecule has 0 aromatic carbocycles. The van der Waals surface area contributed by atoms with Gasteiger partial charge in [-0.05, 0) is 25.8 Å². The first kappa shape index (κ1) is 13.4. The largest absolute Gasteiger partial charge is 0.392 e. The SMILES string of the molecule is COCCCNC(=O)CN1CCC[C@H](O)C1. The Balaban J connectivity index is 2.08. The van der Waals surface area contributed by atoms with Crippen molar-refractivity contribution in [3.63, 3.8) is 0 Å². The van der Waals surface area contributed by atoms with Gasteiger partial charge in [0.15, 0.2) is 0 Å². The minimum atomic E-state index is -0.268. The second-order valence-corrected chi connectivity index (χ2v) is 4.23. The molecule has 1 atom stereocenters. The van der Waals surface area contributed by atoms with E-state index in [1.54, 1.807) is 7.11 Å². The van der Waals surface area contributed by atoms with Crippen LogP contribution in [-0.2, 0) is 9.53 Å². The normalized spacial score (nSPS) is 22.0. The van der Waals surface area contributed by atoms with Gasteiger partial charge in [-0.2, -0.15) is 0 Å². The summed E-state index contributed by atoms with van der Waals surface area (Å²) < 4.78 is 4.89.